The molecule has 0 unspecified atom stereocenters. The number of carbonyl (C=O) groups is 1. The quantitative estimate of drug-likeness (QED) is 0.760. The first-order valence-corrected chi connectivity index (χ1v) is 9.57. The molecular formula is C23H24N2O3. The lowest BCUT2D eigenvalue weighted by Gasteiger charge is -2.36. The van der Waals surface area contributed by atoms with Crippen molar-refractivity contribution >= 4 is 16.7 Å². The molecular weight excluding hydrogens is 352 g/mol. The predicted octanol–water partition coefficient (Wildman–Crippen LogP) is 3.51. The number of aromatic nitrogens is 1. The van der Waals surface area contributed by atoms with Crippen LogP contribution in [0.2, 0.25) is 0 Å². The number of hydrogen-bond acceptors (Lipinski definition) is 4. The van der Waals surface area contributed by atoms with E-state index in [9.17, 15) is 9.90 Å². The zero-order valence-electron chi connectivity index (χ0n) is 16.1. The molecule has 1 saturated heterocycles. The highest BCUT2D eigenvalue weighted by Gasteiger charge is 2.32. The van der Waals surface area contributed by atoms with E-state index in [1.807, 2.05) is 56.3 Å². The van der Waals surface area contributed by atoms with Gasteiger partial charge in [0, 0.05) is 41.7 Å². The highest BCUT2D eigenvalue weighted by atomic mass is 16.5. The van der Waals surface area contributed by atoms with Crippen molar-refractivity contribution < 1.29 is 14.6 Å². The highest BCUT2D eigenvalue weighted by Crippen LogP contribution is 2.28. The molecule has 1 aliphatic heterocycles. The molecule has 4 rings (SSSR count). The van der Waals surface area contributed by atoms with Gasteiger partial charge in [-0.25, -0.2) is 0 Å². The average molecular weight is 376 g/mol. The van der Waals surface area contributed by atoms with Crippen molar-refractivity contribution in [3.05, 3.63) is 71.5 Å². The van der Waals surface area contributed by atoms with Crippen molar-refractivity contribution in [2.45, 2.75) is 32.5 Å². The molecule has 0 bridgehead atoms. The summed E-state index contributed by atoms with van der Waals surface area (Å²) in [7, 11) is 0. The van der Waals surface area contributed by atoms with E-state index in [0.717, 1.165) is 27.6 Å². The number of likely N-dealkylation sites (tertiary alicyclic amines) is 1. The van der Waals surface area contributed by atoms with Crippen molar-refractivity contribution in [1.82, 2.24) is 9.88 Å². The lowest BCUT2D eigenvalue weighted by molar-refractivity contribution is -0.0193. The Morgan fingerprint density at radius 1 is 1.18 bits per heavy atom. The Labute approximate surface area is 164 Å². The molecule has 144 valence electrons. The Balaban J connectivity index is 1.46. The number of benzene rings is 2. The van der Waals surface area contributed by atoms with Crippen LogP contribution in [0.25, 0.3) is 10.8 Å². The Morgan fingerprint density at radius 3 is 2.82 bits per heavy atom. The maximum absolute atomic E-state index is 12.8. The fraction of sp³-hybridized carbons (Fsp3) is 0.304. The fourth-order valence-corrected chi connectivity index (χ4v) is 3.65. The number of amides is 1. The van der Waals surface area contributed by atoms with Gasteiger partial charge in [-0.1, -0.05) is 18.2 Å². The molecule has 1 amide bonds. The minimum atomic E-state index is -0.735. The largest absolute Gasteiger partial charge is 0.487 e. The lowest BCUT2D eigenvalue weighted by atomic mass is 10.0. The molecule has 2 aromatic carbocycles. The van der Waals surface area contributed by atoms with Gasteiger partial charge in [0.05, 0.1) is 6.54 Å². The van der Waals surface area contributed by atoms with Crippen molar-refractivity contribution in [3.8, 4) is 5.75 Å². The van der Waals surface area contributed by atoms with Gasteiger partial charge in [0.2, 0.25) is 0 Å². The number of piperidine rings is 1. The van der Waals surface area contributed by atoms with Crippen molar-refractivity contribution in [2.75, 3.05) is 13.1 Å². The second kappa shape index (κ2) is 7.60. The number of aliphatic hydroxyl groups excluding tert-OH is 1. The minimum Gasteiger partial charge on any atom is -0.487 e. The van der Waals surface area contributed by atoms with Gasteiger partial charge in [-0.05, 0) is 49.2 Å². The van der Waals surface area contributed by atoms with Crippen molar-refractivity contribution in [2.24, 2.45) is 0 Å². The normalized spacial score (nSPS) is 19.6. The molecule has 0 radical (unpaired) electrons. The third-order valence-corrected chi connectivity index (χ3v) is 5.48. The van der Waals surface area contributed by atoms with Crippen molar-refractivity contribution in [1.29, 1.82) is 0 Å². The molecule has 1 aromatic heterocycles. The van der Waals surface area contributed by atoms with Crippen LogP contribution in [0.15, 0.2) is 54.9 Å². The Kier molecular flexibility index (Phi) is 5.01. The maximum Gasteiger partial charge on any atom is 0.253 e. The Morgan fingerprint density at radius 2 is 2.04 bits per heavy atom. The first kappa shape index (κ1) is 18.4. The van der Waals surface area contributed by atoms with Gasteiger partial charge < -0.3 is 14.7 Å². The van der Waals surface area contributed by atoms with Crippen LogP contribution < -0.4 is 4.74 Å². The van der Waals surface area contributed by atoms with Crippen LogP contribution in [0.4, 0.5) is 0 Å². The van der Waals surface area contributed by atoms with Gasteiger partial charge in [-0.2, -0.15) is 0 Å². The summed E-state index contributed by atoms with van der Waals surface area (Å²) in [5, 5.41) is 12.6. The summed E-state index contributed by atoms with van der Waals surface area (Å²) in [5.74, 6) is 0.690. The smallest absolute Gasteiger partial charge is 0.253 e. The molecule has 28 heavy (non-hydrogen) atoms. The van der Waals surface area contributed by atoms with E-state index >= 15 is 0 Å². The molecule has 2 heterocycles. The topological polar surface area (TPSA) is 62.7 Å². The van der Waals surface area contributed by atoms with Crippen LogP contribution in [0.3, 0.4) is 0 Å². The van der Waals surface area contributed by atoms with Crippen LogP contribution in [-0.4, -0.2) is 46.2 Å². The number of ether oxygens (including phenoxy) is 1. The summed E-state index contributed by atoms with van der Waals surface area (Å²) in [6.07, 6.45) is 3.03. The van der Waals surface area contributed by atoms with E-state index < -0.39 is 6.10 Å². The number of hydrogen-bond donors (Lipinski definition) is 1. The summed E-state index contributed by atoms with van der Waals surface area (Å²) in [5.41, 5.74) is 2.92. The van der Waals surface area contributed by atoms with Crippen LogP contribution in [0.5, 0.6) is 5.75 Å². The molecule has 0 saturated carbocycles. The van der Waals surface area contributed by atoms with Crippen LogP contribution in [0.1, 0.15) is 27.9 Å². The standard InChI is InChI=1S/C23H24N2O3/c1-15-6-7-17(12-16(15)2)23(27)25-11-9-22(20(26)14-25)28-21-5-3-4-18-13-24-10-8-19(18)21/h3-8,10,12-13,20,22,26H,9,11,14H2,1-2H3/t20-,22-/m1/s1. The molecule has 5 heteroatoms. The van der Waals surface area contributed by atoms with Gasteiger partial charge in [0.25, 0.3) is 5.91 Å². The van der Waals surface area contributed by atoms with E-state index in [4.69, 9.17) is 4.74 Å². The lowest BCUT2D eigenvalue weighted by Crippen LogP contribution is -2.51. The van der Waals surface area contributed by atoms with Crippen LogP contribution in [0, 0.1) is 13.8 Å². The van der Waals surface area contributed by atoms with E-state index in [-0.39, 0.29) is 18.6 Å². The summed E-state index contributed by atoms with van der Waals surface area (Å²) >= 11 is 0. The number of carbonyl (C=O) groups excluding carboxylic acids is 1. The molecule has 3 aromatic rings. The van der Waals surface area contributed by atoms with E-state index in [0.29, 0.717) is 18.5 Å². The van der Waals surface area contributed by atoms with Crippen molar-refractivity contribution in [3.63, 3.8) is 0 Å². The van der Waals surface area contributed by atoms with Gasteiger partial charge in [0.1, 0.15) is 18.0 Å². The number of fused-ring (bicyclic) bond motifs is 1. The van der Waals surface area contributed by atoms with Crippen LogP contribution in [-0.2, 0) is 0 Å². The van der Waals surface area contributed by atoms with Gasteiger partial charge >= 0.3 is 0 Å². The fourth-order valence-electron chi connectivity index (χ4n) is 3.65. The molecule has 0 spiro atoms. The number of aliphatic hydroxyl groups is 1. The first-order valence-electron chi connectivity index (χ1n) is 9.57. The summed E-state index contributed by atoms with van der Waals surface area (Å²) in [4.78, 5) is 18.7. The molecule has 0 aliphatic carbocycles. The minimum absolute atomic E-state index is 0.0446. The Bertz CT molecular complexity index is 1010. The van der Waals surface area contributed by atoms with Gasteiger partial charge in [0.15, 0.2) is 0 Å². The van der Waals surface area contributed by atoms with Gasteiger partial charge in [-0.3, -0.25) is 9.78 Å². The van der Waals surface area contributed by atoms with E-state index in [2.05, 4.69) is 4.98 Å². The third kappa shape index (κ3) is 3.58. The number of pyridine rings is 1. The molecule has 2 atom stereocenters. The number of β-amino-alcohol motifs (C(OH)–C–C–N with tert-alkyl or cyclic N) is 1. The molecule has 1 fully saturated rings. The molecule has 1 aliphatic rings. The van der Waals surface area contributed by atoms with Gasteiger partial charge in [-0.15, -0.1) is 0 Å². The number of rotatable bonds is 3. The number of aryl methyl sites for hydroxylation is 2. The molecule has 5 nitrogen and oxygen atoms in total. The maximum atomic E-state index is 12.8. The highest BCUT2D eigenvalue weighted by molar-refractivity contribution is 5.94. The van der Waals surface area contributed by atoms with E-state index in [1.165, 1.54) is 0 Å². The Hall–Kier alpha value is -2.92. The third-order valence-electron chi connectivity index (χ3n) is 5.48. The predicted molar refractivity (Wildman–Crippen MR) is 109 cm³/mol. The summed E-state index contributed by atoms with van der Waals surface area (Å²) in [6.45, 7) is 4.85. The second-order valence-corrected chi connectivity index (χ2v) is 7.42. The monoisotopic (exact) mass is 376 g/mol. The zero-order valence-corrected chi connectivity index (χ0v) is 16.1. The number of nitrogens with zero attached hydrogens (tertiary/aromatic N) is 2. The zero-order chi connectivity index (χ0) is 19.7. The van der Waals surface area contributed by atoms with E-state index in [1.54, 1.807) is 17.3 Å². The second-order valence-electron chi connectivity index (χ2n) is 7.42. The SMILES string of the molecule is Cc1ccc(C(=O)N2CC[C@@H](Oc3cccc4cnccc34)[C@H](O)C2)cc1C. The average Bonchev–Trinajstić information content (AvgIpc) is 2.71. The first-order chi connectivity index (χ1) is 13.5. The summed E-state index contributed by atoms with van der Waals surface area (Å²) < 4.78 is 6.13. The molecule has 1 N–H and O–H groups in total. The van der Waals surface area contributed by atoms with Crippen LogP contribution >= 0.6 is 0 Å². The summed E-state index contributed by atoms with van der Waals surface area (Å²) in [6, 6.07) is 13.4.